The van der Waals surface area contributed by atoms with Crippen LogP contribution in [0, 0.1) is 0 Å². The van der Waals surface area contributed by atoms with Crippen molar-refractivity contribution in [2.24, 2.45) is 0 Å². The van der Waals surface area contributed by atoms with Gasteiger partial charge in [0, 0.05) is 11.4 Å². The lowest BCUT2D eigenvalue weighted by molar-refractivity contribution is 0.766. The predicted molar refractivity (Wildman–Crippen MR) is 67.7 cm³/mol. The molecule has 0 unspecified atom stereocenters. The molecule has 0 saturated carbocycles. The number of nitrogens with two attached hydrogens (primary N) is 2. The molecule has 0 fully saturated rings. The van der Waals surface area contributed by atoms with Crippen LogP contribution in [-0.2, 0) is 0 Å². The van der Waals surface area contributed by atoms with Crippen molar-refractivity contribution in [1.29, 1.82) is 0 Å². The molecule has 0 saturated heterocycles. The van der Waals surface area contributed by atoms with E-state index < -0.39 is 0 Å². The van der Waals surface area contributed by atoms with Gasteiger partial charge in [0.2, 0.25) is 0 Å². The third-order valence-corrected chi connectivity index (χ3v) is 2.53. The van der Waals surface area contributed by atoms with E-state index in [2.05, 4.69) is 10.2 Å². The van der Waals surface area contributed by atoms with Crippen LogP contribution in [-0.4, -0.2) is 15.0 Å². The van der Waals surface area contributed by atoms with Crippen molar-refractivity contribution in [1.82, 2.24) is 15.0 Å². The normalized spacial score (nSPS) is 10.8. The van der Waals surface area contributed by atoms with Gasteiger partial charge in [-0.15, -0.1) is 10.2 Å². The van der Waals surface area contributed by atoms with Gasteiger partial charge in [0.05, 0.1) is 5.69 Å². The van der Waals surface area contributed by atoms with Crippen LogP contribution < -0.4 is 11.5 Å². The molecule has 0 atom stereocenters. The molecule has 0 bridgehead atoms. The van der Waals surface area contributed by atoms with Crippen LogP contribution in [0.5, 0.6) is 0 Å². The van der Waals surface area contributed by atoms with Crippen LogP contribution in [0.15, 0.2) is 42.5 Å². The topological polar surface area (TPSA) is 82.8 Å². The first kappa shape index (κ1) is 9.65. The first-order valence-corrected chi connectivity index (χ1v) is 5.21. The highest BCUT2D eigenvalue weighted by atomic mass is 15.5. The third-order valence-electron chi connectivity index (χ3n) is 2.53. The highest BCUT2D eigenvalue weighted by molar-refractivity contribution is 5.77. The third kappa shape index (κ3) is 1.67. The SMILES string of the molecule is Nc1ccc(-n2nc3ccc(N)cc3n2)cc1. The molecule has 5 heteroatoms. The van der Waals surface area contributed by atoms with Gasteiger partial charge in [0.15, 0.2) is 0 Å². The second-order valence-electron chi connectivity index (χ2n) is 3.83. The molecule has 1 aromatic heterocycles. The maximum Gasteiger partial charge on any atom is 0.115 e. The fourth-order valence-corrected chi connectivity index (χ4v) is 1.65. The predicted octanol–water partition coefficient (Wildman–Crippen LogP) is 1.58. The Bertz CT molecular complexity index is 669. The highest BCUT2D eigenvalue weighted by Crippen LogP contribution is 2.15. The lowest BCUT2D eigenvalue weighted by Crippen LogP contribution is -1.98. The van der Waals surface area contributed by atoms with E-state index in [1.165, 1.54) is 0 Å². The van der Waals surface area contributed by atoms with Crippen molar-refractivity contribution in [3.63, 3.8) is 0 Å². The molecule has 1 heterocycles. The summed E-state index contributed by atoms with van der Waals surface area (Å²) >= 11 is 0. The Labute approximate surface area is 97.6 Å². The Balaban J connectivity index is 2.14. The van der Waals surface area contributed by atoms with Gasteiger partial charge in [-0.2, -0.15) is 4.80 Å². The average molecular weight is 225 g/mol. The Morgan fingerprint density at radius 2 is 1.41 bits per heavy atom. The van der Waals surface area contributed by atoms with Crippen molar-refractivity contribution < 1.29 is 0 Å². The standard InChI is InChI=1S/C12H11N5/c13-8-1-4-10(5-2-8)17-15-11-6-3-9(14)7-12(11)16-17/h1-7H,13-14H2. The molecule has 4 N–H and O–H groups in total. The van der Waals surface area contributed by atoms with Gasteiger partial charge in [-0.05, 0) is 42.5 Å². The Hall–Kier alpha value is -2.56. The molecule has 0 spiro atoms. The van der Waals surface area contributed by atoms with Crippen LogP contribution in [0.1, 0.15) is 0 Å². The summed E-state index contributed by atoms with van der Waals surface area (Å²) in [6, 6.07) is 12.8. The molecule has 84 valence electrons. The fraction of sp³-hybridized carbons (Fsp3) is 0. The molecule has 0 aliphatic rings. The number of aromatic nitrogens is 3. The second kappa shape index (κ2) is 3.48. The van der Waals surface area contributed by atoms with Crippen LogP contribution >= 0.6 is 0 Å². The number of nitrogen functional groups attached to an aromatic ring is 2. The Kier molecular flexibility index (Phi) is 1.98. The molecule has 17 heavy (non-hydrogen) atoms. The summed E-state index contributed by atoms with van der Waals surface area (Å²) in [5.74, 6) is 0. The number of nitrogens with zero attached hydrogens (tertiary/aromatic N) is 3. The van der Waals surface area contributed by atoms with Crippen molar-refractivity contribution in [3.05, 3.63) is 42.5 Å². The van der Waals surface area contributed by atoms with Crippen molar-refractivity contribution in [2.45, 2.75) is 0 Å². The minimum absolute atomic E-state index is 0.682. The van der Waals surface area contributed by atoms with E-state index in [1.54, 1.807) is 10.9 Å². The van der Waals surface area contributed by atoms with E-state index in [9.17, 15) is 0 Å². The molecule has 5 nitrogen and oxygen atoms in total. The van der Waals surface area contributed by atoms with E-state index >= 15 is 0 Å². The molecule has 0 aliphatic carbocycles. The Morgan fingerprint density at radius 1 is 0.765 bits per heavy atom. The van der Waals surface area contributed by atoms with Crippen LogP contribution in [0.25, 0.3) is 16.7 Å². The van der Waals surface area contributed by atoms with Gasteiger partial charge < -0.3 is 11.5 Å². The highest BCUT2D eigenvalue weighted by Gasteiger charge is 2.04. The minimum atomic E-state index is 0.682. The van der Waals surface area contributed by atoms with E-state index in [0.717, 1.165) is 22.4 Å². The fourth-order valence-electron chi connectivity index (χ4n) is 1.65. The monoisotopic (exact) mass is 225 g/mol. The number of fused-ring (bicyclic) bond motifs is 1. The summed E-state index contributed by atoms with van der Waals surface area (Å²) in [4.78, 5) is 1.57. The van der Waals surface area contributed by atoms with E-state index in [4.69, 9.17) is 11.5 Å². The van der Waals surface area contributed by atoms with Crippen molar-refractivity contribution >= 4 is 22.4 Å². The molecule has 0 aliphatic heterocycles. The van der Waals surface area contributed by atoms with Crippen LogP contribution in [0.2, 0.25) is 0 Å². The summed E-state index contributed by atoms with van der Waals surface area (Å²) in [7, 11) is 0. The van der Waals surface area contributed by atoms with E-state index in [1.807, 2.05) is 36.4 Å². The maximum absolute atomic E-state index is 5.70. The Morgan fingerprint density at radius 3 is 2.18 bits per heavy atom. The van der Waals surface area contributed by atoms with Gasteiger partial charge >= 0.3 is 0 Å². The summed E-state index contributed by atoms with van der Waals surface area (Å²) in [6.45, 7) is 0. The second-order valence-corrected chi connectivity index (χ2v) is 3.83. The average Bonchev–Trinajstić information content (AvgIpc) is 2.72. The van der Waals surface area contributed by atoms with Crippen molar-refractivity contribution in [3.8, 4) is 5.69 Å². The van der Waals surface area contributed by atoms with Crippen LogP contribution in [0.4, 0.5) is 11.4 Å². The number of rotatable bonds is 1. The molecule has 0 amide bonds. The van der Waals surface area contributed by atoms with Crippen LogP contribution in [0.3, 0.4) is 0 Å². The lowest BCUT2D eigenvalue weighted by Gasteiger charge is -1.98. The summed E-state index contributed by atoms with van der Waals surface area (Å²) in [5, 5.41) is 8.72. The smallest absolute Gasteiger partial charge is 0.115 e. The quantitative estimate of drug-likeness (QED) is 0.616. The minimum Gasteiger partial charge on any atom is -0.399 e. The summed E-state index contributed by atoms with van der Waals surface area (Å²) in [5.41, 5.74) is 15.2. The van der Waals surface area contributed by atoms with Gasteiger partial charge in [-0.1, -0.05) is 0 Å². The molecule has 2 aromatic carbocycles. The maximum atomic E-state index is 5.70. The molecule has 3 aromatic rings. The zero-order valence-corrected chi connectivity index (χ0v) is 9.04. The van der Waals surface area contributed by atoms with E-state index in [-0.39, 0.29) is 0 Å². The number of hydrogen-bond acceptors (Lipinski definition) is 4. The zero-order valence-electron chi connectivity index (χ0n) is 9.04. The van der Waals surface area contributed by atoms with Gasteiger partial charge in [-0.3, -0.25) is 0 Å². The van der Waals surface area contributed by atoms with Gasteiger partial charge in [0.1, 0.15) is 11.0 Å². The summed E-state index contributed by atoms with van der Waals surface area (Å²) < 4.78 is 0. The molecule has 0 radical (unpaired) electrons. The number of hydrogen-bond donors (Lipinski definition) is 2. The first-order valence-electron chi connectivity index (χ1n) is 5.21. The molecular weight excluding hydrogens is 214 g/mol. The largest absolute Gasteiger partial charge is 0.399 e. The number of benzene rings is 2. The van der Waals surface area contributed by atoms with E-state index in [0.29, 0.717) is 5.69 Å². The van der Waals surface area contributed by atoms with Gasteiger partial charge in [-0.25, -0.2) is 0 Å². The zero-order chi connectivity index (χ0) is 11.8. The van der Waals surface area contributed by atoms with Crippen molar-refractivity contribution in [2.75, 3.05) is 11.5 Å². The molecule has 3 rings (SSSR count). The number of anilines is 2. The molecular formula is C12H11N5. The lowest BCUT2D eigenvalue weighted by atomic mass is 10.3. The van der Waals surface area contributed by atoms with Gasteiger partial charge in [0.25, 0.3) is 0 Å². The first-order chi connectivity index (χ1) is 8.22. The summed E-state index contributed by atoms with van der Waals surface area (Å²) in [6.07, 6.45) is 0.